The van der Waals surface area contributed by atoms with Crippen molar-refractivity contribution in [1.82, 2.24) is 0 Å². The van der Waals surface area contributed by atoms with Crippen molar-refractivity contribution in [2.45, 2.75) is 12.2 Å². The number of alkyl halides is 2. The van der Waals surface area contributed by atoms with Gasteiger partial charge >= 0.3 is 0 Å². The van der Waals surface area contributed by atoms with E-state index in [9.17, 15) is 17.6 Å². The Hall–Kier alpha value is -0.710. The minimum atomic E-state index is -2.86. The first-order valence-corrected chi connectivity index (χ1v) is 4.06. The largest absolute Gasteiger partial charge is 0.264 e. The first-order valence-electron chi connectivity index (χ1n) is 3.43. The normalized spacial score (nSPS) is 10.9. The molecule has 5 heteroatoms. The molecule has 72 valence electrons. The summed E-state index contributed by atoms with van der Waals surface area (Å²) in [6.45, 7) is 0. The van der Waals surface area contributed by atoms with Crippen LogP contribution in [-0.4, -0.2) is 0 Å². The molecule has 0 amide bonds. The Morgan fingerprint density at radius 1 is 1.15 bits per heavy atom. The molecule has 0 N–H and O–H groups in total. The second-order valence-electron chi connectivity index (χ2n) is 2.42. The first-order chi connectivity index (χ1) is 6.06. The second-order valence-corrected chi connectivity index (χ2v) is 2.74. The molecule has 1 rings (SSSR count). The van der Waals surface area contributed by atoms with E-state index in [1.807, 2.05) is 0 Å². The molecular formula is C8H6F4S. The Morgan fingerprint density at radius 2 is 1.62 bits per heavy atom. The summed E-state index contributed by atoms with van der Waals surface area (Å²) in [5.41, 5.74) is -0.937. The lowest BCUT2D eigenvalue weighted by atomic mass is 10.1. The molecule has 0 unspecified atom stereocenters. The molecule has 0 heterocycles. The van der Waals surface area contributed by atoms with Gasteiger partial charge in [0, 0.05) is 16.9 Å². The topological polar surface area (TPSA) is 0 Å². The number of hydrogen-bond acceptors (Lipinski definition) is 1. The third-order valence-electron chi connectivity index (χ3n) is 1.57. The van der Waals surface area contributed by atoms with Crippen LogP contribution in [-0.2, 0) is 5.75 Å². The average molecular weight is 210 g/mol. The summed E-state index contributed by atoms with van der Waals surface area (Å²) in [7, 11) is 0. The standard InChI is InChI=1S/C8H6F4S/c9-6-1-4(8(11)12)2-7(10)5(6)3-13/h1-2,8,13H,3H2. The first kappa shape index (κ1) is 10.4. The van der Waals surface area contributed by atoms with Crippen LogP contribution in [0.5, 0.6) is 0 Å². The minimum Gasteiger partial charge on any atom is -0.207 e. The van der Waals surface area contributed by atoms with Crippen LogP contribution in [0.4, 0.5) is 17.6 Å². The fourth-order valence-corrected chi connectivity index (χ4v) is 1.20. The van der Waals surface area contributed by atoms with Crippen LogP contribution in [0.3, 0.4) is 0 Å². The zero-order chi connectivity index (χ0) is 10.0. The molecule has 0 spiro atoms. The molecule has 13 heavy (non-hydrogen) atoms. The molecule has 0 atom stereocenters. The molecule has 0 saturated heterocycles. The van der Waals surface area contributed by atoms with Crippen molar-refractivity contribution in [3.8, 4) is 0 Å². The SMILES string of the molecule is Fc1cc(C(F)F)cc(F)c1CS. The summed E-state index contributed by atoms with van der Waals surface area (Å²) in [5, 5.41) is 0. The van der Waals surface area contributed by atoms with Crippen molar-refractivity contribution >= 4 is 12.6 Å². The summed E-state index contributed by atoms with van der Waals surface area (Å²) >= 11 is 3.67. The third kappa shape index (κ3) is 2.15. The van der Waals surface area contributed by atoms with Crippen LogP contribution in [0.1, 0.15) is 17.6 Å². The molecule has 0 aliphatic carbocycles. The lowest BCUT2D eigenvalue weighted by Crippen LogP contribution is -1.96. The van der Waals surface area contributed by atoms with Gasteiger partial charge in [-0.05, 0) is 12.1 Å². The fraction of sp³-hybridized carbons (Fsp3) is 0.250. The van der Waals surface area contributed by atoms with Crippen LogP contribution in [0.25, 0.3) is 0 Å². The number of benzene rings is 1. The molecule has 0 aliphatic heterocycles. The minimum absolute atomic E-state index is 0.152. The molecule has 0 bridgehead atoms. The van der Waals surface area contributed by atoms with Gasteiger partial charge < -0.3 is 0 Å². The summed E-state index contributed by atoms with van der Waals surface area (Å²) in [5.74, 6) is -2.11. The Balaban J connectivity index is 3.20. The molecule has 0 radical (unpaired) electrons. The van der Waals surface area contributed by atoms with Gasteiger partial charge in [-0.3, -0.25) is 0 Å². The number of hydrogen-bond donors (Lipinski definition) is 1. The highest BCUT2D eigenvalue weighted by Crippen LogP contribution is 2.24. The Bertz CT molecular complexity index is 288. The average Bonchev–Trinajstić information content (AvgIpc) is 2.03. The quantitative estimate of drug-likeness (QED) is 0.561. The van der Waals surface area contributed by atoms with E-state index in [-0.39, 0.29) is 11.3 Å². The van der Waals surface area contributed by atoms with Gasteiger partial charge in [0.15, 0.2) is 0 Å². The van der Waals surface area contributed by atoms with Gasteiger partial charge in [0.2, 0.25) is 0 Å². The predicted molar refractivity (Wildman–Crippen MR) is 44.0 cm³/mol. The molecule has 0 nitrogen and oxygen atoms in total. The van der Waals surface area contributed by atoms with E-state index in [0.717, 1.165) is 0 Å². The molecular weight excluding hydrogens is 204 g/mol. The van der Waals surface area contributed by atoms with Crippen LogP contribution < -0.4 is 0 Å². The Labute approximate surface area is 78.0 Å². The lowest BCUT2D eigenvalue weighted by molar-refractivity contribution is 0.150. The van der Waals surface area contributed by atoms with Crippen molar-refractivity contribution in [2.75, 3.05) is 0 Å². The van der Waals surface area contributed by atoms with Gasteiger partial charge in [-0.2, -0.15) is 12.6 Å². The smallest absolute Gasteiger partial charge is 0.207 e. The van der Waals surface area contributed by atoms with Gasteiger partial charge in [-0.15, -0.1) is 0 Å². The summed E-state index contributed by atoms with van der Waals surface area (Å²) in [6, 6.07) is 1.25. The predicted octanol–water partition coefficient (Wildman–Crippen LogP) is 3.33. The van der Waals surface area contributed by atoms with Crippen molar-refractivity contribution in [2.24, 2.45) is 0 Å². The van der Waals surface area contributed by atoms with Crippen LogP contribution in [0.2, 0.25) is 0 Å². The Morgan fingerprint density at radius 3 is 1.92 bits per heavy atom. The molecule has 0 aromatic heterocycles. The van der Waals surface area contributed by atoms with Gasteiger partial charge in [-0.1, -0.05) is 0 Å². The molecule has 1 aromatic carbocycles. The van der Waals surface area contributed by atoms with E-state index >= 15 is 0 Å². The van der Waals surface area contributed by atoms with E-state index < -0.39 is 23.6 Å². The van der Waals surface area contributed by atoms with Crippen molar-refractivity contribution in [1.29, 1.82) is 0 Å². The van der Waals surface area contributed by atoms with E-state index in [1.165, 1.54) is 0 Å². The number of halogens is 4. The highest BCUT2D eigenvalue weighted by molar-refractivity contribution is 7.79. The number of thiol groups is 1. The van der Waals surface area contributed by atoms with E-state index in [2.05, 4.69) is 12.6 Å². The molecule has 1 aromatic rings. The maximum absolute atomic E-state index is 12.8. The Kier molecular flexibility index (Phi) is 3.19. The summed E-state index contributed by atoms with van der Waals surface area (Å²) < 4.78 is 49.7. The van der Waals surface area contributed by atoms with Gasteiger partial charge in [0.1, 0.15) is 11.6 Å². The summed E-state index contributed by atoms with van der Waals surface area (Å²) in [6.07, 6.45) is -2.86. The highest BCUT2D eigenvalue weighted by Gasteiger charge is 2.14. The fourth-order valence-electron chi connectivity index (χ4n) is 0.900. The molecule has 0 aliphatic rings. The van der Waals surface area contributed by atoms with Crippen LogP contribution in [0.15, 0.2) is 12.1 Å². The molecule has 0 fully saturated rings. The van der Waals surface area contributed by atoms with E-state index in [1.54, 1.807) is 0 Å². The molecule has 0 saturated carbocycles. The maximum atomic E-state index is 12.8. The second kappa shape index (κ2) is 4.00. The van der Waals surface area contributed by atoms with Crippen molar-refractivity contribution < 1.29 is 17.6 Å². The monoisotopic (exact) mass is 210 g/mol. The van der Waals surface area contributed by atoms with Crippen molar-refractivity contribution in [3.05, 3.63) is 34.9 Å². The van der Waals surface area contributed by atoms with Crippen LogP contribution >= 0.6 is 12.6 Å². The van der Waals surface area contributed by atoms with Gasteiger partial charge in [0.25, 0.3) is 6.43 Å². The third-order valence-corrected chi connectivity index (χ3v) is 1.89. The lowest BCUT2D eigenvalue weighted by Gasteiger charge is -2.04. The van der Waals surface area contributed by atoms with E-state index in [0.29, 0.717) is 12.1 Å². The van der Waals surface area contributed by atoms with Crippen LogP contribution in [0, 0.1) is 11.6 Å². The van der Waals surface area contributed by atoms with E-state index in [4.69, 9.17) is 0 Å². The maximum Gasteiger partial charge on any atom is 0.264 e. The highest BCUT2D eigenvalue weighted by atomic mass is 32.1. The van der Waals surface area contributed by atoms with Gasteiger partial charge in [-0.25, -0.2) is 17.6 Å². The number of rotatable bonds is 2. The van der Waals surface area contributed by atoms with Gasteiger partial charge in [0.05, 0.1) is 0 Å². The zero-order valence-corrected chi connectivity index (χ0v) is 7.29. The van der Waals surface area contributed by atoms with Crippen molar-refractivity contribution in [3.63, 3.8) is 0 Å². The zero-order valence-electron chi connectivity index (χ0n) is 6.40. The summed E-state index contributed by atoms with van der Waals surface area (Å²) in [4.78, 5) is 0.